The molecule has 0 saturated heterocycles. The van der Waals surface area contributed by atoms with E-state index in [2.05, 4.69) is 31.3 Å². The van der Waals surface area contributed by atoms with Crippen LogP contribution in [0.4, 0.5) is 0 Å². The third-order valence-electron chi connectivity index (χ3n) is 4.42. The molecule has 1 unspecified atom stereocenters. The van der Waals surface area contributed by atoms with Crippen LogP contribution in [0.2, 0.25) is 0 Å². The van der Waals surface area contributed by atoms with E-state index in [1.54, 1.807) is 0 Å². The van der Waals surface area contributed by atoms with Gasteiger partial charge < -0.3 is 14.8 Å². The maximum absolute atomic E-state index is 5.80. The number of benzene rings is 1. The van der Waals surface area contributed by atoms with E-state index in [-0.39, 0.29) is 12.4 Å². The van der Waals surface area contributed by atoms with Gasteiger partial charge in [-0.1, -0.05) is 26.7 Å². The van der Waals surface area contributed by atoms with Crippen LogP contribution in [0.15, 0.2) is 12.1 Å². The first kappa shape index (κ1) is 19.1. The Morgan fingerprint density at radius 1 is 1.05 bits per heavy atom. The lowest BCUT2D eigenvalue weighted by atomic mass is 9.83. The molecule has 0 spiro atoms. The van der Waals surface area contributed by atoms with Crippen LogP contribution in [0, 0.1) is 5.92 Å². The number of halogens is 1. The van der Waals surface area contributed by atoms with E-state index in [1.165, 1.54) is 24.0 Å². The molecule has 2 rings (SSSR count). The molecule has 1 aliphatic rings. The van der Waals surface area contributed by atoms with Gasteiger partial charge in [-0.05, 0) is 56.0 Å². The summed E-state index contributed by atoms with van der Waals surface area (Å²) in [6.45, 7) is 11.0. The quantitative estimate of drug-likeness (QED) is 0.798. The molecule has 1 heterocycles. The number of rotatable bonds is 7. The number of hydrogen-bond donors (Lipinski definition) is 1. The maximum Gasteiger partial charge on any atom is 0.161 e. The minimum Gasteiger partial charge on any atom is -0.490 e. The summed E-state index contributed by atoms with van der Waals surface area (Å²) in [5.74, 6) is 2.46. The highest BCUT2D eigenvalue weighted by Gasteiger charge is 2.27. The molecule has 22 heavy (non-hydrogen) atoms. The van der Waals surface area contributed by atoms with E-state index >= 15 is 0 Å². The molecule has 1 aromatic carbocycles. The second-order valence-electron chi connectivity index (χ2n) is 5.62. The molecule has 0 aromatic heterocycles. The Morgan fingerprint density at radius 3 is 2.18 bits per heavy atom. The minimum atomic E-state index is 0. The summed E-state index contributed by atoms with van der Waals surface area (Å²) in [4.78, 5) is 0. The van der Waals surface area contributed by atoms with Gasteiger partial charge in [0.25, 0.3) is 0 Å². The highest BCUT2D eigenvalue weighted by molar-refractivity contribution is 5.85. The minimum absolute atomic E-state index is 0. The van der Waals surface area contributed by atoms with Crippen molar-refractivity contribution in [1.29, 1.82) is 0 Å². The lowest BCUT2D eigenvalue weighted by Gasteiger charge is -2.33. The van der Waals surface area contributed by atoms with Gasteiger partial charge in [-0.3, -0.25) is 0 Å². The summed E-state index contributed by atoms with van der Waals surface area (Å²) in [7, 11) is 0. The van der Waals surface area contributed by atoms with Gasteiger partial charge in [-0.15, -0.1) is 12.4 Å². The molecule has 0 fully saturated rings. The lowest BCUT2D eigenvalue weighted by Crippen LogP contribution is -2.34. The molecule has 1 atom stereocenters. The van der Waals surface area contributed by atoms with Crippen molar-refractivity contribution in [3.63, 3.8) is 0 Å². The van der Waals surface area contributed by atoms with Crippen LogP contribution < -0.4 is 14.8 Å². The van der Waals surface area contributed by atoms with E-state index in [9.17, 15) is 0 Å². The van der Waals surface area contributed by atoms with Crippen molar-refractivity contribution >= 4 is 12.4 Å². The lowest BCUT2D eigenvalue weighted by molar-refractivity contribution is 0.283. The predicted octanol–water partition coefficient (Wildman–Crippen LogP) is 4.53. The van der Waals surface area contributed by atoms with Gasteiger partial charge >= 0.3 is 0 Å². The Bertz CT molecular complexity index is 461. The van der Waals surface area contributed by atoms with Crippen molar-refractivity contribution in [2.24, 2.45) is 5.92 Å². The van der Waals surface area contributed by atoms with Crippen molar-refractivity contribution in [3.8, 4) is 11.5 Å². The fraction of sp³-hybridized carbons (Fsp3) is 0.667. The van der Waals surface area contributed by atoms with Gasteiger partial charge in [0.2, 0.25) is 0 Å². The molecule has 0 radical (unpaired) electrons. The Labute approximate surface area is 141 Å². The Kier molecular flexibility index (Phi) is 8.05. The molecule has 126 valence electrons. The Morgan fingerprint density at radius 2 is 1.64 bits per heavy atom. The molecule has 0 aliphatic carbocycles. The van der Waals surface area contributed by atoms with Crippen molar-refractivity contribution < 1.29 is 9.47 Å². The third kappa shape index (κ3) is 4.08. The molecular formula is C18H30ClNO2. The first-order chi connectivity index (χ1) is 10.2. The SMILES string of the molecule is CCOc1cc2c(cc1OCC)C(C(CC)CC)NCC2.Cl. The Hall–Kier alpha value is -0.930. The van der Waals surface area contributed by atoms with Gasteiger partial charge in [-0.2, -0.15) is 0 Å². The standard InChI is InChI=1S/C18H29NO2.ClH/c1-5-13(6-2)18-15-12-17(21-8-4)16(20-7-3)11-14(15)9-10-19-18;/h11-13,18-19H,5-10H2,1-4H3;1H. The average Bonchev–Trinajstić information content (AvgIpc) is 2.50. The average molecular weight is 328 g/mol. The van der Waals surface area contributed by atoms with Gasteiger partial charge in [0.1, 0.15) is 0 Å². The summed E-state index contributed by atoms with van der Waals surface area (Å²) in [6.07, 6.45) is 3.47. The Balaban J connectivity index is 0.00000242. The van der Waals surface area contributed by atoms with Crippen molar-refractivity contribution in [1.82, 2.24) is 5.32 Å². The van der Waals surface area contributed by atoms with Gasteiger partial charge in [-0.25, -0.2) is 0 Å². The van der Waals surface area contributed by atoms with E-state index < -0.39 is 0 Å². The second kappa shape index (κ2) is 9.26. The third-order valence-corrected chi connectivity index (χ3v) is 4.42. The van der Waals surface area contributed by atoms with Crippen LogP contribution in [-0.4, -0.2) is 19.8 Å². The van der Waals surface area contributed by atoms with Crippen LogP contribution in [-0.2, 0) is 6.42 Å². The molecule has 4 heteroatoms. The first-order valence-corrected chi connectivity index (χ1v) is 8.40. The van der Waals surface area contributed by atoms with Crippen LogP contribution in [0.3, 0.4) is 0 Å². The van der Waals surface area contributed by atoms with Crippen molar-refractivity contribution in [3.05, 3.63) is 23.3 Å². The fourth-order valence-corrected chi connectivity index (χ4v) is 3.31. The van der Waals surface area contributed by atoms with Crippen LogP contribution >= 0.6 is 12.4 Å². The fourth-order valence-electron chi connectivity index (χ4n) is 3.31. The van der Waals surface area contributed by atoms with Gasteiger partial charge in [0.15, 0.2) is 11.5 Å². The largest absolute Gasteiger partial charge is 0.490 e. The molecule has 1 aliphatic heterocycles. The molecule has 1 aromatic rings. The highest BCUT2D eigenvalue weighted by atomic mass is 35.5. The summed E-state index contributed by atoms with van der Waals surface area (Å²) in [5.41, 5.74) is 2.82. The van der Waals surface area contributed by atoms with E-state index in [4.69, 9.17) is 9.47 Å². The van der Waals surface area contributed by atoms with Crippen LogP contribution in [0.5, 0.6) is 11.5 Å². The zero-order valence-electron chi connectivity index (χ0n) is 14.3. The first-order valence-electron chi connectivity index (χ1n) is 8.40. The highest BCUT2D eigenvalue weighted by Crippen LogP contribution is 2.39. The summed E-state index contributed by atoms with van der Waals surface area (Å²) < 4.78 is 11.6. The summed E-state index contributed by atoms with van der Waals surface area (Å²) >= 11 is 0. The smallest absolute Gasteiger partial charge is 0.161 e. The molecular weight excluding hydrogens is 298 g/mol. The number of hydrogen-bond acceptors (Lipinski definition) is 3. The molecule has 0 bridgehead atoms. The molecule has 0 amide bonds. The molecule has 0 saturated carbocycles. The predicted molar refractivity (Wildman–Crippen MR) is 94.5 cm³/mol. The van der Waals surface area contributed by atoms with Gasteiger partial charge in [0.05, 0.1) is 13.2 Å². The zero-order valence-corrected chi connectivity index (χ0v) is 15.1. The number of ether oxygens (including phenoxy) is 2. The topological polar surface area (TPSA) is 30.5 Å². The number of fused-ring (bicyclic) bond motifs is 1. The van der Waals surface area contributed by atoms with Crippen LogP contribution in [0.25, 0.3) is 0 Å². The summed E-state index contributed by atoms with van der Waals surface area (Å²) in [6, 6.07) is 4.84. The van der Waals surface area contributed by atoms with E-state index in [1.807, 2.05) is 13.8 Å². The summed E-state index contributed by atoms with van der Waals surface area (Å²) in [5, 5.41) is 3.70. The van der Waals surface area contributed by atoms with Crippen molar-refractivity contribution in [2.75, 3.05) is 19.8 Å². The monoisotopic (exact) mass is 327 g/mol. The normalized spacial score (nSPS) is 16.9. The maximum atomic E-state index is 5.80. The molecule has 3 nitrogen and oxygen atoms in total. The zero-order chi connectivity index (χ0) is 15.2. The second-order valence-corrected chi connectivity index (χ2v) is 5.62. The van der Waals surface area contributed by atoms with Crippen molar-refractivity contribution in [2.45, 2.75) is 53.0 Å². The van der Waals surface area contributed by atoms with Gasteiger partial charge in [0, 0.05) is 6.04 Å². The van der Waals surface area contributed by atoms with Crippen LogP contribution in [0.1, 0.15) is 57.7 Å². The van der Waals surface area contributed by atoms with E-state index in [0.29, 0.717) is 25.2 Å². The molecule has 1 N–H and O–H groups in total. The van der Waals surface area contributed by atoms with E-state index in [0.717, 1.165) is 24.5 Å². The number of nitrogens with one attached hydrogen (secondary N) is 1.